The van der Waals surface area contributed by atoms with Crippen LogP contribution < -0.4 is 5.32 Å². The van der Waals surface area contributed by atoms with Gasteiger partial charge in [-0.3, -0.25) is 4.79 Å². The molecule has 0 aliphatic heterocycles. The number of anilines is 1. The second-order valence-electron chi connectivity index (χ2n) is 4.37. The quantitative estimate of drug-likeness (QED) is 0.826. The predicted octanol–water partition coefficient (Wildman–Crippen LogP) is 2.20. The molecule has 0 spiro atoms. The summed E-state index contributed by atoms with van der Waals surface area (Å²) in [6, 6.07) is 2.12. The molecule has 0 aromatic carbocycles. The van der Waals surface area contributed by atoms with Crippen LogP contribution in [0.4, 0.5) is 5.82 Å². The number of aromatic nitrogens is 2. The van der Waals surface area contributed by atoms with Gasteiger partial charge in [0.25, 0.3) is 0 Å². The van der Waals surface area contributed by atoms with Gasteiger partial charge in [-0.05, 0) is 26.7 Å². The van der Waals surface area contributed by atoms with E-state index in [0.29, 0.717) is 0 Å². The van der Waals surface area contributed by atoms with E-state index in [1.165, 1.54) is 6.42 Å². The van der Waals surface area contributed by atoms with E-state index < -0.39 is 0 Å². The molecule has 1 N–H and O–H groups in total. The van der Waals surface area contributed by atoms with Crippen LogP contribution >= 0.6 is 0 Å². The molecule has 0 atom stereocenters. The maximum Gasteiger partial charge on any atom is 0.228 e. The highest BCUT2D eigenvalue weighted by Crippen LogP contribution is 2.27. The summed E-state index contributed by atoms with van der Waals surface area (Å²) in [5, 5.41) is 7.11. The lowest BCUT2D eigenvalue weighted by Gasteiger charge is -2.24. The standard InChI is InChI=1S/C11H17N3O/c1-8(2)14-10(6-7-12-14)13-11(15)9-4-3-5-9/h6-9H,3-5H2,1-2H3,(H,13,15). The number of carbonyl (C=O) groups excluding carboxylic acids is 1. The van der Waals surface area contributed by atoms with Gasteiger partial charge in [-0.1, -0.05) is 6.42 Å². The first-order valence-electron chi connectivity index (χ1n) is 5.53. The Labute approximate surface area is 89.7 Å². The fourth-order valence-corrected chi connectivity index (χ4v) is 1.72. The number of amides is 1. The lowest BCUT2D eigenvalue weighted by atomic mass is 9.85. The molecule has 1 heterocycles. The molecule has 15 heavy (non-hydrogen) atoms. The topological polar surface area (TPSA) is 46.9 Å². The molecule has 0 radical (unpaired) electrons. The van der Waals surface area contributed by atoms with Crippen molar-refractivity contribution in [3.8, 4) is 0 Å². The molecule has 1 aromatic heterocycles. The maximum absolute atomic E-state index is 11.7. The Morgan fingerprint density at radius 1 is 1.60 bits per heavy atom. The SMILES string of the molecule is CC(C)n1nccc1NC(=O)C1CCC1. The summed E-state index contributed by atoms with van der Waals surface area (Å²) in [4.78, 5) is 11.7. The van der Waals surface area contributed by atoms with Crippen molar-refractivity contribution in [3.05, 3.63) is 12.3 Å². The highest BCUT2D eigenvalue weighted by atomic mass is 16.2. The molecule has 4 nitrogen and oxygen atoms in total. The Bertz CT molecular complexity index is 352. The Morgan fingerprint density at radius 3 is 2.87 bits per heavy atom. The van der Waals surface area contributed by atoms with Crippen LogP contribution in [-0.2, 0) is 4.79 Å². The van der Waals surface area contributed by atoms with Crippen molar-refractivity contribution in [3.63, 3.8) is 0 Å². The lowest BCUT2D eigenvalue weighted by Crippen LogP contribution is -2.29. The van der Waals surface area contributed by atoms with E-state index in [9.17, 15) is 4.79 Å². The van der Waals surface area contributed by atoms with Crippen LogP contribution in [0.25, 0.3) is 0 Å². The fourth-order valence-electron chi connectivity index (χ4n) is 1.72. The van der Waals surface area contributed by atoms with E-state index in [1.54, 1.807) is 6.20 Å². The maximum atomic E-state index is 11.7. The second kappa shape index (κ2) is 4.04. The summed E-state index contributed by atoms with van der Waals surface area (Å²) in [5.74, 6) is 1.17. The predicted molar refractivity (Wildman–Crippen MR) is 58.6 cm³/mol. The average Bonchev–Trinajstić information content (AvgIpc) is 2.48. The summed E-state index contributed by atoms with van der Waals surface area (Å²) >= 11 is 0. The van der Waals surface area contributed by atoms with Crippen LogP contribution in [0.1, 0.15) is 39.2 Å². The van der Waals surface area contributed by atoms with E-state index in [2.05, 4.69) is 10.4 Å². The summed E-state index contributed by atoms with van der Waals surface area (Å²) in [5.41, 5.74) is 0. The van der Waals surface area contributed by atoms with Gasteiger partial charge in [0.1, 0.15) is 5.82 Å². The van der Waals surface area contributed by atoms with Gasteiger partial charge >= 0.3 is 0 Å². The van der Waals surface area contributed by atoms with Crippen molar-refractivity contribution in [2.45, 2.75) is 39.2 Å². The second-order valence-corrected chi connectivity index (χ2v) is 4.37. The number of nitrogens with zero attached hydrogens (tertiary/aromatic N) is 2. The van der Waals surface area contributed by atoms with Gasteiger partial charge in [-0.15, -0.1) is 0 Å². The number of rotatable bonds is 3. The summed E-state index contributed by atoms with van der Waals surface area (Å²) < 4.78 is 1.83. The van der Waals surface area contributed by atoms with Crippen molar-refractivity contribution in [2.75, 3.05) is 5.32 Å². The third kappa shape index (κ3) is 2.03. The van der Waals surface area contributed by atoms with Crippen molar-refractivity contribution in [1.82, 2.24) is 9.78 Å². The average molecular weight is 207 g/mol. The third-order valence-corrected chi connectivity index (χ3v) is 2.89. The molecule has 0 bridgehead atoms. The third-order valence-electron chi connectivity index (χ3n) is 2.89. The Hall–Kier alpha value is -1.32. The molecule has 82 valence electrons. The smallest absolute Gasteiger partial charge is 0.228 e. The van der Waals surface area contributed by atoms with Crippen LogP contribution in [0.3, 0.4) is 0 Å². The Morgan fingerprint density at radius 2 is 2.33 bits per heavy atom. The van der Waals surface area contributed by atoms with Gasteiger partial charge < -0.3 is 5.32 Å². The van der Waals surface area contributed by atoms with Crippen LogP contribution in [0.15, 0.2) is 12.3 Å². The Balaban J connectivity index is 2.03. The molecular formula is C11H17N3O. The molecule has 1 amide bonds. The van der Waals surface area contributed by atoms with Gasteiger partial charge in [-0.2, -0.15) is 5.10 Å². The molecule has 1 aromatic rings. The lowest BCUT2D eigenvalue weighted by molar-refractivity contribution is -0.122. The molecule has 0 unspecified atom stereocenters. The monoisotopic (exact) mass is 207 g/mol. The number of nitrogens with one attached hydrogen (secondary N) is 1. The van der Waals surface area contributed by atoms with Crippen LogP contribution in [0.2, 0.25) is 0 Å². The highest BCUT2D eigenvalue weighted by Gasteiger charge is 2.25. The normalized spacial score (nSPS) is 16.5. The van der Waals surface area contributed by atoms with Gasteiger partial charge in [-0.25, -0.2) is 4.68 Å². The molecule has 1 aliphatic rings. The van der Waals surface area contributed by atoms with E-state index in [0.717, 1.165) is 18.7 Å². The molecule has 2 rings (SSSR count). The number of hydrogen-bond donors (Lipinski definition) is 1. The molecule has 1 saturated carbocycles. The van der Waals surface area contributed by atoms with Crippen molar-refractivity contribution >= 4 is 11.7 Å². The zero-order valence-electron chi connectivity index (χ0n) is 9.23. The van der Waals surface area contributed by atoms with Crippen molar-refractivity contribution < 1.29 is 4.79 Å². The first-order valence-corrected chi connectivity index (χ1v) is 5.53. The zero-order valence-corrected chi connectivity index (χ0v) is 9.23. The van der Waals surface area contributed by atoms with Crippen molar-refractivity contribution in [1.29, 1.82) is 0 Å². The minimum atomic E-state index is 0.142. The zero-order chi connectivity index (χ0) is 10.8. The van der Waals surface area contributed by atoms with Gasteiger partial charge in [0.15, 0.2) is 0 Å². The number of carbonyl (C=O) groups is 1. The van der Waals surface area contributed by atoms with E-state index in [-0.39, 0.29) is 17.9 Å². The molecule has 1 fully saturated rings. The fraction of sp³-hybridized carbons (Fsp3) is 0.636. The first-order chi connectivity index (χ1) is 7.18. The summed E-state index contributed by atoms with van der Waals surface area (Å²) in [6.07, 6.45) is 4.96. The van der Waals surface area contributed by atoms with E-state index in [1.807, 2.05) is 24.6 Å². The first kappa shape index (κ1) is 10.2. The Kier molecular flexibility index (Phi) is 2.75. The van der Waals surface area contributed by atoms with Crippen LogP contribution in [0.5, 0.6) is 0 Å². The molecule has 1 aliphatic carbocycles. The van der Waals surface area contributed by atoms with Crippen LogP contribution in [-0.4, -0.2) is 15.7 Å². The van der Waals surface area contributed by atoms with E-state index >= 15 is 0 Å². The largest absolute Gasteiger partial charge is 0.311 e. The van der Waals surface area contributed by atoms with Gasteiger partial charge in [0.05, 0.1) is 6.20 Å². The number of hydrogen-bond acceptors (Lipinski definition) is 2. The van der Waals surface area contributed by atoms with Gasteiger partial charge in [0.2, 0.25) is 5.91 Å². The van der Waals surface area contributed by atoms with Gasteiger partial charge in [0, 0.05) is 18.0 Å². The summed E-state index contributed by atoms with van der Waals surface area (Å²) in [6.45, 7) is 4.10. The van der Waals surface area contributed by atoms with E-state index in [4.69, 9.17) is 0 Å². The minimum Gasteiger partial charge on any atom is -0.311 e. The summed E-state index contributed by atoms with van der Waals surface area (Å²) in [7, 11) is 0. The highest BCUT2D eigenvalue weighted by molar-refractivity contribution is 5.92. The molecule has 4 heteroatoms. The van der Waals surface area contributed by atoms with Crippen molar-refractivity contribution in [2.24, 2.45) is 5.92 Å². The molecule has 0 saturated heterocycles. The molecular weight excluding hydrogens is 190 g/mol. The minimum absolute atomic E-state index is 0.142. The van der Waals surface area contributed by atoms with Crippen LogP contribution in [0, 0.1) is 5.92 Å².